The highest BCUT2D eigenvalue weighted by Gasteiger charge is 2.49. The minimum absolute atomic E-state index is 0.0271. The van der Waals surface area contributed by atoms with Crippen molar-refractivity contribution in [2.75, 3.05) is 23.0 Å². The van der Waals surface area contributed by atoms with Gasteiger partial charge in [-0.1, -0.05) is 11.6 Å². The second-order valence-electron chi connectivity index (χ2n) is 6.44. The third-order valence-electron chi connectivity index (χ3n) is 4.75. The first-order valence-corrected chi connectivity index (χ1v) is 10.2. The van der Waals surface area contributed by atoms with Crippen LogP contribution >= 0.6 is 11.6 Å². The molecule has 0 radical (unpaired) electrons. The summed E-state index contributed by atoms with van der Waals surface area (Å²) in [5, 5.41) is 0.572. The van der Waals surface area contributed by atoms with Gasteiger partial charge in [0.25, 0.3) is 0 Å². The fraction of sp³-hybridized carbons (Fsp3) is 0.353. The van der Waals surface area contributed by atoms with Crippen LogP contribution in [0, 0.1) is 0 Å². The van der Waals surface area contributed by atoms with E-state index in [9.17, 15) is 13.2 Å². The Bertz CT molecular complexity index is 880. The van der Waals surface area contributed by atoms with Crippen molar-refractivity contribution in [1.82, 2.24) is 4.90 Å². The lowest BCUT2D eigenvalue weighted by atomic mass is 10.0. The summed E-state index contributed by atoms with van der Waals surface area (Å²) in [6, 6.07) is 9.88. The molecule has 2 aromatic rings. The molecular weight excluding hydrogens is 364 g/mol. The van der Waals surface area contributed by atoms with E-state index in [-0.39, 0.29) is 30.0 Å². The van der Waals surface area contributed by atoms with Crippen LogP contribution in [-0.4, -0.2) is 49.4 Å². The number of hydrogen-bond donors (Lipinski definition) is 0. The molecule has 0 saturated carbocycles. The number of piperazine rings is 1. The first-order chi connectivity index (χ1) is 11.9. The molecule has 2 atom stereocenters. The Labute approximate surface area is 150 Å². The van der Waals surface area contributed by atoms with E-state index in [0.29, 0.717) is 17.3 Å². The highest BCUT2D eigenvalue weighted by Crippen LogP contribution is 2.32. The third kappa shape index (κ3) is 3.19. The molecule has 8 heteroatoms. The maximum Gasteiger partial charge on any atom is 0.241 e. The predicted molar refractivity (Wildman–Crippen MR) is 94.3 cm³/mol. The van der Waals surface area contributed by atoms with Gasteiger partial charge in [-0.3, -0.25) is 9.69 Å². The zero-order valence-corrected chi connectivity index (χ0v) is 14.9. The number of sulfone groups is 1. The number of amides is 1. The smallest absolute Gasteiger partial charge is 0.241 e. The van der Waals surface area contributed by atoms with E-state index < -0.39 is 15.9 Å². The number of nitrogens with zero attached hydrogens (tertiary/aromatic N) is 2. The molecule has 0 bridgehead atoms. The molecule has 1 amide bonds. The molecule has 6 nitrogen and oxygen atoms in total. The number of carbonyl (C=O) groups excluding carboxylic acids is 1. The Morgan fingerprint density at radius 1 is 1.12 bits per heavy atom. The predicted octanol–water partition coefficient (Wildman–Crippen LogP) is 1.95. The van der Waals surface area contributed by atoms with Gasteiger partial charge in [-0.15, -0.1) is 0 Å². The normalized spacial score (nSPS) is 26.0. The van der Waals surface area contributed by atoms with Crippen molar-refractivity contribution >= 4 is 33.0 Å². The summed E-state index contributed by atoms with van der Waals surface area (Å²) in [5.41, 5.74) is 0.680. The van der Waals surface area contributed by atoms with Gasteiger partial charge >= 0.3 is 0 Å². The molecule has 2 aliphatic heterocycles. The van der Waals surface area contributed by atoms with Crippen LogP contribution in [-0.2, 0) is 21.2 Å². The first-order valence-electron chi connectivity index (χ1n) is 7.97. The number of hydrogen-bond acceptors (Lipinski definition) is 5. The maximum atomic E-state index is 12.8. The third-order valence-corrected chi connectivity index (χ3v) is 6.70. The second-order valence-corrected chi connectivity index (χ2v) is 9.03. The van der Waals surface area contributed by atoms with E-state index in [1.807, 2.05) is 11.0 Å². The van der Waals surface area contributed by atoms with Gasteiger partial charge in [-0.05, 0) is 36.4 Å². The molecule has 4 rings (SSSR count). The summed E-state index contributed by atoms with van der Waals surface area (Å²) in [6.45, 7) is 0.573. The van der Waals surface area contributed by atoms with Crippen molar-refractivity contribution in [3.63, 3.8) is 0 Å². The lowest BCUT2D eigenvalue weighted by Crippen LogP contribution is -2.61. The van der Waals surface area contributed by atoms with Gasteiger partial charge in [0.15, 0.2) is 9.84 Å². The molecule has 1 aromatic heterocycles. The molecular formula is C17H17ClN2O4S. The van der Waals surface area contributed by atoms with Crippen LogP contribution in [0.5, 0.6) is 0 Å². The lowest BCUT2D eigenvalue weighted by molar-refractivity contribution is -0.123. The number of rotatable bonds is 3. The standard InChI is InChI=1S/C17H17ClN2O4S/c18-12-3-5-13(6-4-12)20-16-11-25(22,23)10-15(16)19(9-17(20)21)8-14-2-1-7-24-14/h1-7,15-16H,8-11H2/t15-,16-/m1/s1. The van der Waals surface area contributed by atoms with E-state index in [1.165, 1.54) is 0 Å². The number of furan rings is 1. The van der Waals surface area contributed by atoms with E-state index >= 15 is 0 Å². The number of benzene rings is 1. The molecule has 0 aliphatic carbocycles. The summed E-state index contributed by atoms with van der Waals surface area (Å²) in [5.74, 6) is 0.624. The molecule has 2 saturated heterocycles. The molecule has 0 N–H and O–H groups in total. The number of halogens is 1. The summed E-state index contributed by atoms with van der Waals surface area (Å²) in [6.07, 6.45) is 1.57. The SMILES string of the molecule is O=C1CN(Cc2ccco2)[C@@H]2CS(=O)(=O)C[C@H]2N1c1ccc(Cl)cc1. The molecule has 0 spiro atoms. The van der Waals surface area contributed by atoms with Gasteiger partial charge < -0.3 is 9.32 Å². The number of carbonyl (C=O) groups is 1. The zero-order chi connectivity index (χ0) is 17.6. The van der Waals surface area contributed by atoms with Crippen molar-refractivity contribution in [3.05, 3.63) is 53.4 Å². The Hall–Kier alpha value is -1.83. The van der Waals surface area contributed by atoms with Crippen molar-refractivity contribution < 1.29 is 17.6 Å². The fourth-order valence-electron chi connectivity index (χ4n) is 3.67. The highest BCUT2D eigenvalue weighted by molar-refractivity contribution is 7.91. The fourth-order valence-corrected chi connectivity index (χ4v) is 5.78. The Balaban J connectivity index is 1.68. The van der Waals surface area contributed by atoms with E-state index in [4.69, 9.17) is 16.0 Å². The summed E-state index contributed by atoms with van der Waals surface area (Å²) in [4.78, 5) is 16.3. The molecule has 2 fully saturated rings. The largest absolute Gasteiger partial charge is 0.468 e. The lowest BCUT2D eigenvalue weighted by Gasteiger charge is -2.43. The zero-order valence-electron chi connectivity index (χ0n) is 13.3. The van der Waals surface area contributed by atoms with Gasteiger partial charge in [0.1, 0.15) is 5.76 Å². The monoisotopic (exact) mass is 380 g/mol. The van der Waals surface area contributed by atoms with Crippen LogP contribution in [0.1, 0.15) is 5.76 Å². The van der Waals surface area contributed by atoms with Gasteiger partial charge in [-0.2, -0.15) is 0 Å². The van der Waals surface area contributed by atoms with Gasteiger partial charge in [0, 0.05) is 16.8 Å². The first kappa shape index (κ1) is 16.6. The van der Waals surface area contributed by atoms with E-state index in [2.05, 4.69) is 0 Å². The minimum atomic E-state index is -3.21. The van der Waals surface area contributed by atoms with Crippen molar-refractivity contribution in [2.45, 2.75) is 18.6 Å². The number of anilines is 1. The average Bonchev–Trinajstić information content (AvgIpc) is 3.16. The molecule has 1 aromatic carbocycles. The van der Waals surface area contributed by atoms with Gasteiger partial charge in [-0.25, -0.2) is 8.42 Å². The molecule has 25 heavy (non-hydrogen) atoms. The van der Waals surface area contributed by atoms with Crippen LogP contribution in [0.4, 0.5) is 5.69 Å². The van der Waals surface area contributed by atoms with E-state index in [0.717, 1.165) is 5.76 Å². The van der Waals surface area contributed by atoms with Crippen LogP contribution in [0.3, 0.4) is 0 Å². The Morgan fingerprint density at radius 3 is 2.52 bits per heavy atom. The topological polar surface area (TPSA) is 70.8 Å². The number of fused-ring (bicyclic) bond motifs is 1. The average molecular weight is 381 g/mol. The van der Waals surface area contributed by atoms with Crippen molar-refractivity contribution in [1.29, 1.82) is 0 Å². The van der Waals surface area contributed by atoms with E-state index in [1.54, 1.807) is 41.5 Å². The minimum Gasteiger partial charge on any atom is -0.468 e. The quantitative estimate of drug-likeness (QED) is 0.813. The highest BCUT2D eigenvalue weighted by atomic mass is 35.5. The van der Waals surface area contributed by atoms with Crippen LogP contribution in [0.2, 0.25) is 5.02 Å². The maximum absolute atomic E-state index is 12.8. The van der Waals surface area contributed by atoms with Crippen LogP contribution in [0.25, 0.3) is 0 Å². The molecule has 3 heterocycles. The van der Waals surface area contributed by atoms with Crippen LogP contribution < -0.4 is 4.90 Å². The molecule has 132 valence electrons. The Kier molecular flexibility index (Phi) is 4.10. The van der Waals surface area contributed by atoms with Crippen molar-refractivity contribution in [3.8, 4) is 0 Å². The molecule has 2 aliphatic rings. The second kappa shape index (κ2) is 6.16. The summed E-state index contributed by atoms with van der Waals surface area (Å²) >= 11 is 5.93. The Morgan fingerprint density at radius 2 is 1.84 bits per heavy atom. The van der Waals surface area contributed by atoms with Gasteiger partial charge in [0.05, 0.1) is 36.9 Å². The van der Waals surface area contributed by atoms with Crippen LogP contribution in [0.15, 0.2) is 47.1 Å². The molecule has 0 unspecified atom stereocenters. The summed E-state index contributed by atoms with van der Waals surface area (Å²) in [7, 11) is -3.21. The van der Waals surface area contributed by atoms with Gasteiger partial charge in [0.2, 0.25) is 5.91 Å². The van der Waals surface area contributed by atoms with Crippen molar-refractivity contribution in [2.24, 2.45) is 0 Å². The summed E-state index contributed by atoms with van der Waals surface area (Å²) < 4.78 is 29.9.